The van der Waals surface area contributed by atoms with Crippen molar-refractivity contribution in [2.75, 3.05) is 10.6 Å². The number of hydrogen-bond acceptors (Lipinski definition) is 2. The lowest BCUT2D eigenvalue weighted by atomic mass is 10.3. The molecule has 0 aliphatic carbocycles. The van der Waals surface area contributed by atoms with Crippen molar-refractivity contribution >= 4 is 29.0 Å². The van der Waals surface area contributed by atoms with Crippen LogP contribution in [0.4, 0.5) is 16.2 Å². The van der Waals surface area contributed by atoms with Gasteiger partial charge in [-0.05, 0) is 62.4 Å². The number of hydrogen-bond donors (Lipinski definition) is 2. The highest BCUT2D eigenvalue weighted by Gasteiger charge is 2.03. The number of amides is 2. The molecule has 0 saturated heterocycles. The molecule has 0 bridgehead atoms. The molecule has 0 aliphatic heterocycles. The molecular formula is C16H17ClN2O2. The molecule has 0 fully saturated rings. The first-order valence-corrected chi connectivity index (χ1v) is 7.01. The molecule has 0 aliphatic rings. The van der Waals surface area contributed by atoms with E-state index < -0.39 is 0 Å². The van der Waals surface area contributed by atoms with Crippen molar-refractivity contribution in [3.8, 4) is 5.75 Å². The van der Waals surface area contributed by atoms with E-state index in [0.29, 0.717) is 16.4 Å². The Kier molecular flexibility index (Phi) is 5.06. The number of anilines is 2. The van der Waals surface area contributed by atoms with E-state index in [9.17, 15) is 4.79 Å². The molecule has 2 aromatic carbocycles. The van der Waals surface area contributed by atoms with Gasteiger partial charge >= 0.3 is 6.03 Å². The molecule has 0 heterocycles. The fraction of sp³-hybridized carbons (Fsp3) is 0.188. The maximum Gasteiger partial charge on any atom is 0.323 e. The Balaban J connectivity index is 1.91. The zero-order chi connectivity index (χ0) is 15.2. The van der Waals surface area contributed by atoms with Crippen molar-refractivity contribution in [2.45, 2.75) is 20.0 Å². The van der Waals surface area contributed by atoms with Crippen LogP contribution in [0.5, 0.6) is 5.75 Å². The summed E-state index contributed by atoms with van der Waals surface area (Å²) in [6, 6.07) is 13.8. The van der Waals surface area contributed by atoms with Crippen LogP contribution in [0.3, 0.4) is 0 Å². The van der Waals surface area contributed by atoms with Gasteiger partial charge in [0.05, 0.1) is 6.10 Å². The van der Waals surface area contributed by atoms with E-state index in [1.807, 2.05) is 26.0 Å². The van der Waals surface area contributed by atoms with Crippen LogP contribution in [0.15, 0.2) is 48.5 Å². The van der Waals surface area contributed by atoms with Gasteiger partial charge in [0.25, 0.3) is 0 Å². The van der Waals surface area contributed by atoms with Crippen LogP contribution >= 0.6 is 11.6 Å². The molecule has 0 radical (unpaired) electrons. The van der Waals surface area contributed by atoms with Gasteiger partial charge in [-0.3, -0.25) is 0 Å². The molecule has 2 amide bonds. The number of urea groups is 1. The summed E-state index contributed by atoms with van der Waals surface area (Å²) >= 11 is 5.79. The number of ether oxygens (including phenoxy) is 1. The fourth-order valence-corrected chi connectivity index (χ4v) is 1.84. The summed E-state index contributed by atoms with van der Waals surface area (Å²) in [7, 11) is 0. The lowest BCUT2D eigenvalue weighted by Gasteiger charge is -2.11. The van der Waals surface area contributed by atoms with Crippen molar-refractivity contribution in [3.05, 3.63) is 53.6 Å². The third-order valence-corrected chi connectivity index (χ3v) is 2.84. The van der Waals surface area contributed by atoms with E-state index in [1.54, 1.807) is 36.4 Å². The summed E-state index contributed by atoms with van der Waals surface area (Å²) in [4.78, 5) is 11.8. The fourth-order valence-electron chi connectivity index (χ4n) is 1.72. The molecule has 0 saturated carbocycles. The highest BCUT2D eigenvalue weighted by atomic mass is 35.5. The van der Waals surface area contributed by atoms with Gasteiger partial charge in [-0.2, -0.15) is 0 Å². The van der Waals surface area contributed by atoms with Crippen molar-refractivity contribution in [1.29, 1.82) is 0 Å². The minimum absolute atomic E-state index is 0.122. The van der Waals surface area contributed by atoms with E-state index >= 15 is 0 Å². The van der Waals surface area contributed by atoms with Crippen molar-refractivity contribution < 1.29 is 9.53 Å². The smallest absolute Gasteiger partial charge is 0.323 e. The van der Waals surface area contributed by atoms with Gasteiger partial charge in [0.1, 0.15) is 5.75 Å². The van der Waals surface area contributed by atoms with Crippen molar-refractivity contribution in [3.63, 3.8) is 0 Å². The molecular weight excluding hydrogens is 288 g/mol. The normalized spacial score (nSPS) is 10.3. The molecule has 0 aromatic heterocycles. The number of halogens is 1. The van der Waals surface area contributed by atoms with Gasteiger partial charge in [0.2, 0.25) is 0 Å². The van der Waals surface area contributed by atoms with Gasteiger partial charge in [-0.15, -0.1) is 0 Å². The van der Waals surface area contributed by atoms with Crippen LogP contribution in [0.25, 0.3) is 0 Å². The van der Waals surface area contributed by atoms with E-state index in [0.717, 1.165) is 5.75 Å². The molecule has 110 valence electrons. The van der Waals surface area contributed by atoms with Gasteiger partial charge < -0.3 is 15.4 Å². The first kappa shape index (κ1) is 15.2. The molecule has 2 N–H and O–H groups in total. The Morgan fingerprint density at radius 3 is 1.90 bits per heavy atom. The van der Waals surface area contributed by atoms with Gasteiger partial charge in [0.15, 0.2) is 0 Å². The minimum Gasteiger partial charge on any atom is -0.491 e. The zero-order valence-corrected chi connectivity index (χ0v) is 12.6. The van der Waals surface area contributed by atoms with Crippen LogP contribution < -0.4 is 15.4 Å². The molecule has 21 heavy (non-hydrogen) atoms. The minimum atomic E-state index is -0.310. The summed E-state index contributed by atoms with van der Waals surface area (Å²) < 4.78 is 5.54. The average molecular weight is 305 g/mol. The molecule has 2 aromatic rings. The maximum atomic E-state index is 11.8. The summed E-state index contributed by atoms with van der Waals surface area (Å²) in [6.07, 6.45) is 0.122. The lowest BCUT2D eigenvalue weighted by Crippen LogP contribution is -2.19. The van der Waals surface area contributed by atoms with Crippen molar-refractivity contribution in [2.24, 2.45) is 0 Å². The highest BCUT2D eigenvalue weighted by molar-refractivity contribution is 6.30. The summed E-state index contributed by atoms with van der Waals surface area (Å²) in [5.41, 5.74) is 1.37. The van der Waals surface area contributed by atoms with Crippen molar-refractivity contribution in [1.82, 2.24) is 0 Å². The molecule has 5 heteroatoms. The standard InChI is InChI=1S/C16H17ClN2O2/c1-11(2)21-15-9-7-14(8-10-15)19-16(20)18-13-5-3-12(17)4-6-13/h3-11H,1-2H3,(H2,18,19,20). The quantitative estimate of drug-likeness (QED) is 0.854. The predicted molar refractivity (Wildman–Crippen MR) is 86.3 cm³/mol. The summed E-state index contributed by atoms with van der Waals surface area (Å²) in [5.74, 6) is 0.772. The number of carbonyl (C=O) groups is 1. The molecule has 4 nitrogen and oxygen atoms in total. The van der Waals surface area contributed by atoms with Crippen LogP contribution in [-0.2, 0) is 0 Å². The van der Waals surface area contributed by atoms with Crippen LogP contribution in [0, 0.1) is 0 Å². The van der Waals surface area contributed by atoms with Crippen LogP contribution in [0.1, 0.15) is 13.8 Å². The second kappa shape index (κ2) is 6.99. The van der Waals surface area contributed by atoms with Crippen LogP contribution in [-0.4, -0.2) is 12.1 Å². The van der Waals surface area contributed by atoms with E-state index in [2.05, 4.69) is 10.6 Å². The number of nitrogens with one attached hydrogen (secondary N) is 2. The number of carbonyl (C=O) groups excluding carboxylic acids is 1. The number of benzene rings is 2. The average Bonchev–Trinajstić information content (AvgIpc) is 2.43. The topological polar surface area (TPSA) is 50.4 Å². The monoisotopic (exact) mass is 304 g/mol. The molecule has 2 rings (SSSR count). The summed E-state index contributed by atoms with van der Waals surface area (Å²) in [5, 5.41) is 6.10. The van der Waals surface area contributed by atoms with Gasteiger partial charge in [-0.1, -0.05) is 11.6 Å². The zero-order valence-electron chi connectivity index (χ0n) is 11.9. The first-order valence-electron chi connectivity index (χ1n) is 6.63. The van der Waals surface area contributed by atoms with Crippen LogP contribution in [0.2, 0.25) is 5.02 Å². The third kappa shape index (κ3) is 5.00. The Labute approximate surface area is 129 Å². The summed E-state index contributed by atoms with van der Waals surface area (Å²) in [6.45, 7) is 3.93. The SMILES string of the molecule is CC(C)Oc1ccc(NC(=O)Nc2ccc(Cl)cc2)cc1. The second-order valence-electron chi connectivity index (χ2n) is 4.78. The Hall–Kier alpha value is -2.20. The molecule has 0 unspecified atom stereocenters. The third-order valence-electron chi connectivity index (χ3n) is 2.59. The Bertz CT molecular complexity index is 595. The molecule has 0 spiro atoms. The van der Waals surface area contributed by atoms with Gasteiger partial charge in [0, 0.05) is 16.4 Å². The number of rotatable bonds is 4. The predicted octanol–water partition coefficient (Wildman–Crippen LogP) is 4.77. The first-order chi connectivity index (χ1) is 10.0. The highest BCUT2D eigenvalue weighted by Crippen LogP contribution is 2.18. The lowest BCUT2D eigenvalue weighted by molar-refractivity contribution is 0.242. The molecule has 0 atom stereocenters. The van der Waals surface area contributed by atoms with E-state index in [4.69, 9.17) is 16.3 Å². The second-order valence-corrected chi connectivity index (χ2v) is 5.21. The maximum absolute atomic E-state index is 11.8. The Morgan fingerprint density at radius 1 is 0.952 bits per heavy atom. The Morgan fingerprint density at radius 2 is 1.43 bits per heavy atom. The largest absolute Gasteiger partial charge is 0.491 e. The van der Waals surface area contributed by atoms with Gasteiger partial charge in [-0.25, -0.2) is 4.79 Å². The van der Waals surface area contributed by atoms with E-state index in [-0.39, 0.29) is 12.1 Å². The van der Waals surface area contributed by atoms with E-state index in [1.165, 1.54) is 0 Å².